The number of piperazine rings is 1. The first-order chi connectivity index (χ1) is 14.6. The Hall–Kier alpha value is -1.66. The van der Waals surface area contributed by atoms with E-state index in [2.05, 4.69) is 35.1 Å². The third-order valence-electron chi connectivity index (χ3n) is 7.31. The largest absolute Gasteiger partial charge is 0.337 e. The SMILES string of the molecule is C=CCn1nc(C(=O)N2CCCCCC2)c2c1CC[C@@H](N1CCN(C(C)C)CC1)C2. The van der Waals surface area contributed by atoms with Crippen molar-refractivity contribution in [2.24, 2.45) is 0 Å². The molecule has 0 radical (unpaired) electrons. The first-order valence-electron chi connectivity index (χ1n) is 12.0. The number of carbonyl (C=O) groups excluding carboxylic acids is 1. The van der Waals surface area contributed by atoms with Gasteiger partial charge >= 0.3 is 0 Å². The Bertz CT molecular complexity index is 739. The molecule has 1 aliphatic carbocycles. The molecule has 0 saturated carbocycles. The van der Waals surface area contributed by atoms with Crippen molar-refractivity contribution >= 4 is 5.91 Å². The van der Waals surface area contributed by atoms with Gasteiger partial charge in [0.1, 0.15) is 0 Å². The third kappa shape index (κ3) is 4.50. The van der Waals surface area contributed by atoms with Crippen molar-refractivity contribution in [2.45, 2.75) is 77.4 Å². The van der Waals surface area contributed by atoms with E-state index >= 15 is 0 Å². The van der Waals surface area contributed by atoms with Crippen molar-refractivity contribution in [1.82, 2.24) is 24.5 Å². The molecular formula is C24H39N5O. The number of carbonyl (C=O) groups is 1. The molecule has 6 heteroatoms. The van der Waals surface area contributed by atoms with E-state index in [-0.39, 0.29) is 5.91 Å². The Morgan fingerprint density at radius 1 is 1.10 bits per heavy atom. The first-order valence-corrected chi connectivity index (χ1v) is 12.0. The zero-order valence-corrected chi connectivity index (χ0v) is 19.0. The van der Waals surface area contributed by atoms with Crippen LogP contribution in [0.25, 0.3) is 0 Å². The van der Waals surface area contributed by atoms with Crippen LogP contribution < -0.4 is 0 Å². The fraction of sp³-hybridized carbons (Fsp3) is 0.750. The summed E-state index contributed by atoms with van der Waals surface area (Å²) in [5, 5.41) is 4.83. The van der Waals surface area contributed by atoms with Gasteiger partial charge in [-0.25, -0.2) is 0 Å². The lowest BCUT2D eigenvalue weighted by Crippen LogP contribution is -2.53. The van der Waals surface area contributed by atoms with Crippen LogP contribution in [0.1, 0.15) is 67.7 Å². The lowest BCUT2D eigenvalue weighted by molar-refractivity contribution is 0.0713. The molecule has 3 heterocycles. The first kappa shape index (κ1) is 21.6. The van der Waals surface area contributed by atoms with Crippen LogP contribution in [0.5, 0.6) is 0 Å². The Kier molecular flexibility index (Phi) is 6.94. The standard InChI is InChI=1S/C24H39N5O/c1-4-11-29-22-10-9-20(27-16-14-26(15-17-27)19(2)3)18-21(22)23(25-29)24(30)28-12-7-5-6-8-13-28/h4,19-20H,1,5-18H2,2-3H3/t20-/m1/s1. The van der Waals surface area contributed by atoms with E-state index in [9.17, 15) is 4.79 Å². The van der Waals surface area contributed by atoms with Crippen molar-refractivity contribution < 1.29 is 4.79 Å². The van der Waals surface area contributed by atoms with Crippen molar-refractivity contribution in [2.75, 3.05) is 39.3 Å². The normalized spacial score (nSPS) is 24.0. The number of amides is 1. The average Bonchev–Trinajstić information content (AvgIpc) is 2.92. The maximum Gasteiger partial charge on any atom is 0.274 e. The van der Waals surface area contributed by atoms with E-state index in [1.54, 1.807) is 0 Å². The molecule has 1 aromatic heterocycles. The Morgan fingerprint density at radius 3 is 2.43 bits per heavy atom. The van der Waals surface area contributed by atoms with E-state index in [0.717, 1.165) is 77.1 Å². The minimum absolute atomic E-state index is 0.154. The minimum Gasteiger partial charge on any atom is -0.337 e. The minimum atomic E-state index is 0.154. The lowest BCUT2D eigenvalue weighted by atomic mass is 9.89. The maximum absolute atomic E-state index is 13.4. The van der Waals surface area contributed by atoms with Crippen LogP contribution in [0.15, 0.2) is 12.7 Å². The van der Waals surface area contributed by atoms with Gasteiger partial charge in [-0.2, -0.15) is 5.10 Å². The molecule has 2 saturated heterocycles. The molecule has 0 N–H and O–H groups in total. The zero-order valence-electron chi connectivity index (χ0n) is 19.0. The van der Waals surface area contributed by atoms with Crippen molar-refractivity contribution in [3.05, 3.63) is 29.6 Å². The van der Waals surface area contributed by atoms with Crippen LogP contribution in [-0.4, -0.2) is 81.7 Å². The zero-order chi connectivity index (χ0) is 21.1. The summed E-state index contributed by atoms with van der Waals surface area (Å²) in [5.41, 5.74) is 3.21. The Labute approximate surface area is 181 Å². The molecule has 1 atom stereocenters. The van der Waals surface area contributed by atoms with Gasteiger partial charge in [0.05, 0.1) is 6.54 Å². The number of nitrogens with zero attached hydrogens (tertiary/aromatic N) is 5. The number of likely N-dealkylation sites (tertiary alicyclic amines) is 1. The fourth-order valence-electron chi connectivity index (χ4n) is 5.47. The van der Waals surface area contributed by atoms with Crippen LogP contribution in [0, 0.1) is 0 Å². The van der Waals surface area contributed by atoms with Crippen LogP contribution in [-0.2, 0) is 19.4 Å². The molecule has 0 spiro atoms. The molecule has 0 aromatic carbocycles. The predicted molar refractivity (Wildman–Crippen MR) is 121 cm³/mol. The van der Waals surface area contributed by atoms with Crippen LogP contribution in [0.2, 0.25) is 0 Å². The number of fused-ring (bicyclic) bond motifs is 1. The summed E-state index contributed by atoms with van der Waals surface area (Å²) < 4.78 is 2.04. The van der Waals surface area contributed by atoms with Crippen molar-refractivity contribution in [3.8, 4) is 0 Å². The predicted octanol–water partition coefficient (Wildman–Crippen LogP) is 2.97. The molecule has 6 nitrogen and oxygen atoms in total. The molecule has 4 rings (SSSR count). The second kappa shape index (κ2) is 9.65. The van der Waals surface area contributed by atoms with Gasteiger partial charge in [-0.3, -0.25) is 19.3 Å². The van der Waals surface area contributed by atoms with Gasteiger partial charge in [0.2, 0.25) is 0 Å². The molecule has 0 unspecified atom stereocenters. The summed E-state index contributed by atoms with van der Waals surface area (Å²) >= 11 is 0. The highest BCUT2D eigenvalue weighted by molar-refractivity contribution is 5.94. The van der Waals surface area contributed by atoms with E-state index in [4.69, 9.17) is 5.10 Å². The topological polar surface area (TPSA) is 44.6 Å². The molecule has 1 amide bonds. The molecule has 2 fully saturated rings. The van der Waals surface area contributed by atoms with Gasteiger partial charge in [0.15, 0.2) is 5.69 Å². The van der Waals surface area contributed by atoms with Crippen molar-refractivity contribution in [3.63, 3.8) is 0 Å². The van der Waals surface area contributed by atoms with Crippen LogP contribution in [0.3, 0.4) is 0 Å². The average molecular weight is 414 g/mol. The lowest BCUT2D eigenvalue weighted by Gasteiger charge is -2.42. The van der Waals surface area contributed by atoms with E-state index in [1.807, 2.05) is 10.8 Å². The monoisotopic (exact) mass is 413 g/mol. The number of hydrogen-bond acceptors (Lipinski definition) is 4. The van der Waals surface area contributed by atoms with E-state index in [1.165, 1.54) is 24.1 Å². The van der Waals surface area contributed by atoms with Crippen LogP contribution in [0.4, 0.5) is 0 Å². The highest BCUT2D eigenvalue weighted by atomic mass is 16.2. The summed E-state index contributed by atoms with van der Waals surface area (Å²) in [6.45, 7) is 15.5. The summed E-state index contributed by atoms with van der Waals surface area (Å²) in [7, 11) is 0. The number of allylic oxidation sites excluding steroid dienone is 1. The summed E-state index contributed by atoms with van der Waals surface area (Å²) in [6, 6.07) is 1.16. The van der Waals surface area contributed by atoms with Gasteiger partial charge in [-0.05, 0) is 46.0 Å². The number of hydrogen-bond donors (Lipinski definition) is 0. The smallest absolute Gasteiger partial charge is 0.274 e. The highest BCUT2D eigenvalue weighted by Gasteiger charge is 2.34. The molecule has 1 aromatic rings. The molecule has 30 heavy (non-hydrogen) atoms. The number of rotatable bonds is 5. The molecular weight excluding hydrogens is 374 g/mol. The van der Waals surface area contributed by atoms with Crippen LogP contribution >= 0.6 is 0 Å². The fourth-order valence-corrected chi connectivity index (χ4v) is 5.47. The summed E-state index contributed by atoms with van der Waals surface area (Å²) in [4.78, 5) is 20.7. The van der Waals surface area contributed by atoms with Crippen molar-refractivity contribution in [1.29, 1.82) is 0 Å². The number of aromatic nitrogens is 2. The second-order valence-corrected chi connectivity index (χ2v) is 9.51. The molecule has 2 aliphatic heterocycles. The quantitative estimate of drug-likeness (QED) is 0.696. The highest BCUT2D eigenvalue weighted by Crippen LogP contribution is 2.29. The second-order valence-electron chi connectivity index (χ2n) is 9.51. The molecule has 166 valence electrons. The van der Waals surface area contributed by atoms with Gasteiger partial charge < -0.3 is 4.90 Å². The van der Waals surface area contributed by atoms with E-state index in [0.29, 0.717) is 18.6 Å². The molecule has 3 aliphatic rings. The van der Waals surface area contributed by atoms with E-state index < -0.39 is 0 Å². The van der Waals surface area contributed by atoms with Gasteiger partial charge in [-0.15, -0.1) is 6.58 Å². The Morgan fingerprint density at radius 2 is 1.80 bits per heavy atom. The molecule has 0 bridgehead atoms. The summed E-state index contributed by atoms with van der Waals surface area (Å²) in [6.07, 6.45) is 9.73. The maximum atomic E-state index is 13.4. The Balaban J connectivity index is 1.53. The summed E-state index contributed by atoms with van der Waals surface area (Å²) in [5.74, 6) is 0.154. The third-order valence-corrected chi connectivity index (χ3v) is 7.31. The van der Waals surface area contributed by atoms with Gasteiger partial charge in [-0.1, -0.05) is 18.9 Å². The van der Waals surface area contributed by atoms with Gasteiger partial charge in [0.25, 0.3) is 5.91 Å². The van der Waals surface area contributed by atoms with Gasteiger partial charge in [0, 0.05) is 62.6 Å².